The van der Waals surface area contributed by atoms with E-state index >= 15 is 0 Å². The maximum atomic E-state index is 12.7. The number of ether oxygens (including phenoxy) is 2. The Kier molecular flexibility index (Phi) is 6.06. The Labute approximate surface area is 180 Å². The lowest BCUT2D eigenvalue weighted by Gasteiger charge is -2.33. The fraction of sp³-hybridized carbons (Fsp3) is 0.348. The van der Waals surface area contributed by atoms with Crippen molar-refractivity contribution in [3.63, 3.8) is 0 Å². The van der Waals surface area contributed by atoms with Crippen molar-refractivity contribution in [2.45, 2.75) is 19.3 Å². The van der Waals surface area contributed by atoms with E-state index in [9.17, 15) is 14.4 Å². The number of rotatable bonds is 5. The molecule has 3 amide bonds. The van der Waals surface area contributed by atoms with Crippen LogP contribution in [0.15, 0.2) is 42.5 Å². The summed E-state index contributed by atoms with van der Waals surface area (Å²) in [7, 11) is 1.56. The molecular formula is C23H25N3O5. The van der Waals surface area contributed by atoms with Crippen molar-refractivity contribution in [2.24, 2.45) is 0 Å². The number of methoxy groups -OCH3 is 1. The zero-order valence-electron chi connectivity index (χ0n) is 17.4. The van der Waals surface area contributed by atoms with E-state index in [4.69, 9.17) is 9.47 Å². The zero-order chi connectivity index (χ0) is 21.8. The molecule has 0 spiro atoms. The van der Waals surface area contributed by atoms with Crippen LogP contribution in [0.2, 0.25) is 0 Å². The molecule has 4 rings (SSSR count). The SMILES string of the molecule is COc1ccc(C(=O)Nc2ccc3c(c2)N(CC(=O)N2CCCCC2)C(=O)CO3)cc1. The summed E-state index contributed by atoms with van der Waals surface area (Å²) in [6.45, 7) is 1.30. The number of nitrogens with zero attached hydrogens (tertiary/aromatic N) is 2. The highest BCUT2D eigenvalue weighted by atomic mass is 16.5. The highest BCUT2D eigenvalue weighted by Gasteiger charge is 2.29. The maximum absolute atomic E-state index is 12.7. The standard InChI is InChI=1S/C23H25N3O5/c1-30-18-8-5-16(6-9-18)23(29)24-17-7-10-20-19(13-17)26(22(28)15-31-20)14-21(27)25-11-3-2-4-12-25/h5-10,13H,2-4,11-12,14-15H2,1H3,(H,24,29). The molecule has 0 unspecified atom stereocenters. The van der Waals surface area contributed by atoms with Gasteiger partial charge in [-0.25, -0.2) is 0 Å². The van der Waals surface area contributed by atoms with Crippen molar-refractivity contribution in [1.82, 2.24) is 4.90 Å². The lowest BCUT2D eigenvalue weighted by molar-refractivity contribution is -0.132. The lowest BCUT2D eigenvalue weighted by Crippen LogP contribution is -2.47. The van der Waals surface area contributed by atoms with E-state index in [1.54, 1.807) is 54.5 Å². The first-order chi connectivity index (χ1) is 15.0. The number of amides is 3. The van der Waals surface area contributed by atoms with Gasteiger partial charge in [0.2, 0.25) is 5.91 Å². The molecule has 1 saturated heterocycles. The summed E-state index contributed by atoms with van der Waals surface area (Å²) in [6, 6.07) is 11.8. The van der Waals surface area contributed by atoms with Crippen LogP contribution in [0.1, 0.15) is 29.6 Å². The van der Waals surface area contributed by atoms with Crippen LogP contribution in [-0.4, -0.2) is 56.0 Å². The van der Waals surface area contributed by atoms with Crippen LogP contribution >= 0.6 is 0 Å². The van der Waals surface area contributed by atoms with Gasteiger partial charge in [0.1, 0.15) is 18.0 Å². The van der Waals surface area contributed by atoms with E-state index in [0.29, 0.717) is 28.4 Å². The summed E-state index contributed by atoms with van der Waals surface area (Å²) in [5, 5.41) is 2.83. The van der Waals surface area contributed by atoms with Gasteiger partial charge in [-0.3, -0.25) is 19.3 Å². The van der Waals surface area contributed by atoms with Gasteiger partial charge < -0.3 is 19.7 Å². The van der Waals surface area contributed by atoms with Crippen molar-refractivity contribution in [3.8, 4) is 11.5 Å². The molecule has 2 aromatic rings. The molecule has 0 aliphatic carbocycles. The number of benzene rings is 2. The second-order valence-electron chi connectivity index (χ2n) is 7.58. The third-order valence-electron chi connectivity index (χ3n) is 5.51. The van der Waals surface area contributed by atoms with Gasteiger partial charge in [0, 0.05) is 24.3 Å². The van der Waals surface area contributed by atoms with E-state index < -0.39 is 0 Å². The number of hydrogen-bond acceptors (Lipinski definition) is 5. The van der Waals surface area contributed by atoms with Crippen molar-refractivity contribution < 1.29 is 23.9 Å². The summed E-state index contributed by atoms with van der Waals surface area (Å²) in [5.41, 5.74) is 1.46. The fourth-order valence-corrected chi connectivity index (χ4v) is 3.78. The first-order valence-electron chi connectivity index (χ1n) is 10.4. The quantitative estimate of drug-likeness (QED) is 0.799. The number of carbonyl (C=O) groups is 3. The molecule has 2 heterocycles. The molecule has 8 heteroatoms. The minimum absolute atomic E-state index is 0.0366. The Hall–Kier alpha value is -3.55. The van der Waals surface area contributed by atoms with Crippen LogP contribution in [0.3, 0.4) is 0 Å². The van der Waals surface area contributed by atoms with Crippen molar-refractivity contribution in [3.05, 3.63) is 48.0 Å². The van der Waals surface area contributed by atoms with Crippen LogP contribution < -0.4 is 19.7 Å². The first kappa shape index (κ1) is 20.7. The minimum Gasteiger partial charge on any atom is -0.497 e. The van der Waals surface area contributed by atoms with Crippen LogP contribution in [-0.2, 0) is 9.59 Å². The Morgan fingerprint density at radius 2 is 1.81 bits per heavy atom. The average molecular weight is 423 g/mol. The summed E-state index contributed by atoms with van der Waals surface area (Å²) in [4.78, 5) is 41.1. The molecular weight excluding hydrogens is 398 g/mol. The summed E-state index contributed by atoms with van der Waals surface area (Å²) in [5.74, 6) is 0.523. The van der Waals surface area contributed by atoms with Gasteiger partial charge >= 0.3 is 0 Å². The van der Waals surface area contributed by atoms with Gasteiger partial charge in [0.05, 0.1) is 12.8 Å². The molecule has 1 N–H and O–H groups in total. The zero-order valence-corrected chi connectivity index (χ0v) is 17.4. The van der Waals surface area contributed by atoms with E-state index in [1.807, 2.05) is 0 Å². The second kappa shape index (κ2) is 9.07. The highest BCUT2D eigenvalue weighted by Crippen LogP contribution is 2.35. The van der Waals surface area contributed by atoms with Gasteiger partial charge in [-0.15, -0.1) is 0 Å². The fourth-order valence-electron chi connectivity index (χ4n) is 3.78. The smallest absolute Gasteiger partial charge is 0.265 e. The average Bonchev–Trinajstić information content (AvgIpc) is 2.81. The van der Waals surface area contributed by atoms with Gasteiger partial charge in [0.15, 0.2) is 6.61 Å². The molecule has 2 aliphatic rings. The summed E-state index contributed by atoms with van der Waals surface area (Å²) < 4.78 is 10.6. The molecule has 2 aliphatic heterocycles. The topological polar surface area (TPSA) is 88.2 Å². The molecule has 0 radical (unpaired) electrons. The number of anilines is 2. The maximum Gasteiger partial charge on any atom is 0.265 e. The summed E-state index contributed by atoms with van der Waals surface area (Å²) in [6.07, 6.45) is 3.10. The summed E-state index contributed by atoms with van der Waals surface area (Å²) >= 11 is 0. The number of carbonyl (C=O) groups excluding carboxylic acids is 3. The number of likely N-dealkylation sites (tertiary alicyclic amines) is 1. The monoisotopic (exact) mass is 423 g/mol. The second-order valence-corrected chi connectivity index (χ2v) is 7.58. The lowest BCUT2D eigenvalue weighted by atomic mass is 10.1. The number of fused-ring (bicyclic) bond motifs is 1. The van der Waals surface area contributed by atoms with Gasteiger partial charge in [0.25, 0.3) is 11.8 Å². The molecule has 1 fully saturated rings. The Bertz CT molecular complexity index is 983. The Morgan fingerprint density at radius 3 is 2.52 bits per heavy atom. The predicted molar refractivity (Wildman–Crippen MR) is 116 cm³/mol. The van der Waals surface area contributed by atoms with Crippen molar-refractivity contribution in [2.75, 3.05) is 43.6 Å². The predicted octanol–water partition coefficient (Wildman–Crippen LogP) is 2.69. The molecule has 0 bridgehead atoms. The Balaban J connectivity index is 1.51. The first-order valence-corrected chi connectivity index (χ1v) is 10.4. The molecule has 2 aromatic carbocycles. The van der Waals surface area contributed by atoms with E-state index in [2.05, 4.69) is 5.32 Å². The molecule has 0 aromatic heterocycles. The Morgan fingerprint density at radius 1 is 1.06 bits per heavy atom. The van der Waals surface area contributed by atoms with E-state index in [0.717, 1.165) is 32.4 Å². The largest absolute Gasteiger partial charge is 0.497 e. The third kappa shape index (κ3) is 4.63. The van der Waals surface area contributed by atoms with Gasteiger partial charge in [-0.1, -0.05) is 0 Å². The van der Waals surface area contributed by atoms with Crippen molar-refractivity contribution in [1.29, 1.82) is 0 Å². The number of hydrogen-bond donors (Lipinski definition) is 1. The molecule has 0 saturated carbocycles. The normalized spacial score (nSPS) is 15.7. The van der Waals surface area contributed by atoms with E-state index in [-0.39, 0.29) is 30.9 Å². The van der Waals surface area contributed by atoms with Crippen LogP contribution in [0, 0.1) is 0 Å². The van der Waals surface area contributed by atoms with Crippen LogP contribution in [0.25, 0.3) is 0 Å². The molecule has 31 heavy (non-hydrogen) atoms. The highest BCUT2D eigenvalue weighted by molar-refractivity contribution is 6.06. The van der Waals surface area contributed by atoms with Gasteiger partial charge in [-0.2, -0.15) is 0 Å². The van der Waals surface area contributed by atoms with E-state index in [1.165, 1.54) is 4.90 Å². The van der Waals surface area contributed by atoms with Crippen molar-refractivity contribution >= 4 is 29.1 Å². The number of nitrogens with one attached hydrogen (secondary N) is 1. The molecule has 162 valence electrons. The van der Waals surface area contributed by atoms with Gasteiger partial charge in [-0.05, 0) is 61.7 Å². The number of piperidine rings is 1. The molecule has 0 atom stereocenters. The van der Waals surface area contributed by atoms with Crippen LogP contribution in [0.5, 0.6) is 11.5 Å². The minimum atomic E-state index is -0.290. The third-order valence-corrected chi connectivity index (χ3v) is 5.51. The molecule has 8 nitrogen and oxygen atoms in total. The van der Waals surface area contributed by atoms with Crippen LogP contribution in [0.4, 0.5) is 11.4 Å².